The zero-order valence-electron chi connectivity index (χ0n) is 7.79. The first-order valence-electron chi connectivity index (χ1n) is 4.65. The number of hydrogen-bond donors (Lipinski definition) is 0. The third-order valence-corrected chi connectivity index (χ3v) is 2.31. The van der Waals surface area contributed by atoms with Crippen molar-refractivity contribution in [1.29, 1.82) is 0 Å². The molecule has 1 unspecified atom stereocenters. The van der Waals surface area contributed by atoms with Gasteiger partial charge in [0.15, 0.2) is 0 Å². The van der Waals surface area contributed by atoms with Crippen molar-refractivity contribution in [1.82, 2.24) is 0 Å². The molecule has 1 aromatic rings. The standard InChI is InChI=1S/C11H14ClO/c1-2-3-4-11(13)9-5-7-10(12)8-6-9/h5-8,11H,2-4H2,1H3. The highest BCUT2D eigenvalue weighted by Gasteiger charge is 2.07. The Balaban J connectivity index is 2.55. The first kappa shape index (κ1) is 10.6. The minimum atomic E-state index is -0.586. The van der Waals surface area contributed by atoms with Gasteiger partial charge in [-0.25, -0.2) is 5.11 Å². The van der Waals surface area contributed by atoms with Crippen LogP contribution in [0.3, 0.4) is 0 Å². The Morgan fingerprint density at radius 1 is 1.31 bits per heavy atom. The molecular formula is C11H14ClO. The van der Waals surface area contributed by atoms with Crippen molar-refractivity contribution >= 4 is 11.6 Å². The largest absolute Gasteiger partial charge is 0.228 e. The smallest absolute Gasteiger partial charge is 0.118 e. The maximum absolute atomic E-state index is 11.6. The Bertz CT molecular complexity index is 243. The number of benzene rings is 1. The Hall–Kier alpha value is -0.530. The van der Waals surface area contributed by atoms with E-state index in [1.807, 2.05) is 12.1 Å². The van der Waals surface area contributed by atoms with Crippen LogP contribution in [0.2, 0.25) is 5.02 Å². The second kappa shape index (κ2) is 5.25. The fraction of sp³-hybridized carbons (Fsp3) is 0.455. The van der Waals surface area contributed by atoms with Crippen molar-refractivity contribution in [3.05, 3.63) is 34.9 Å². The minimum Gasteiger partial charge on any atom is -0.228 e. The third kappa shape index (κ3) is 3.37. The van der Waals surface area contributed by atoms with Gasteiger partial charge < -0.3 is 0 Å². The molecule has 0 bridgehead atoms. The molecule has 0 saturated carbocycles. The fourth-order valence-corrected chi connectivity index (χ4v) is 1.36. The summed E-state index contributed by atoms with van der Waals surface area (Å²) in [6.07, 6.45) is 2.21. The van der Waals surface area contributed by atoms with E-state index >= 15 is 0 Å². The summed E-state index contributed by atoms with van der Waals surface area (Å²) in [6, 6.07) is 7.17. The molecule has 0 aliphatic rings. The molecule has 0 spiro atoms. The predicted molar refractivity (Wildman–Crippen MR) is 54.4 cm³/mol. The molecule has 0 heterocycles. The van der Waals surface area contributed by atoms with Crippen LogP contribution in [-0.4, -0.2) is 0 Å². The van der Waals surface area contributed by atoms with Crippen LogP contribution < -0.4 is 0 Å². The van der Waals surface area contributed by atoms with Crippen molar-refractivity contribution in [2.45, 2.75) is 32.3 Å². The quantitative estimate of drug-likeness (QED) is 0.696. The lowest BCUT2D eigenvalue weighted by molar-refractivity contribution is 0.0791. The summed E-state index contributed by atoms with van der Waals surface area (Å²) in [5.74, 6) is 0. The first-order valence-corrected chi connectivity index (χ1v) is 5.03. The van der Waals surface area contributed by atoms with E-state index in [1.165, 1.54) is 0 Å². The molecule has 0 aromatic heterocycles. The Morgan fingerprint density at radius 2 is 1.92 bits per heavy atom. The maximum Gasteiger partial charge on any atom is 0.118 e. The molecule has 1 rings (SSSR count). The van der Waals surface area contributed by atoms with Crippen molar-refractivity contribution in [2.24, 2.45) is 0 Å². The summed E-state index contributed by atoms with van der Waals surface area (Å²) in [4.78, 5) is 0. The molecule has 0 saturated heterocycles. The molecule has 0 aliphatic heterocycles. The average molecular weight is 198 g/mol. The molecule has 0 aliphatic carbocycles. The van der Waals surface area contributed by atoms with Gasteiger partial charge in [-0.05, 0) is 24.1 Å². The SMILES string of the molecule is CCCCC([O])c1ccc(Cl)cc1. The second-order valence-electron chi connectivity index (χ2n) is 3.18. The number of halogens is 1. The summed E-state index contributed by atoms with van der Waals surface area (Å²) in [6.45, 7) is 2.09. The van der Waals surface area contributed by atoms with E-state index < -0.39 is 6.10 Å². The highest BCUT2D eigenvalue weighted by Crippen LogP contribution is 2.21. The van der Waals surface area contributed by atoms with Gasteiger partial charge in [-0.1, -0.05) is 43.5 Å². The van der Waals surface area contributed by atoms with Crippen LogP contribution >= 0.6 is 11.6 Å². The van der Waals surface area contributed by atoms with Gasteiger partial charge in [0, 0.05) is 5.02 Å². The highest BCUT2D eigenvalue weighted by molar-refractivity contribution is 6.30. The van der Waals surface area contributed by atoms with E-state index in [2.05, 4.69) is 6.92 Å². The zero-order valence-corrected chi connectivity index (χ0v) is 8.55. The van der Waals surface area contributed by atoms with Gasteiger partial charge in [-0.2, -0.15) is 0 Å². The summed E-state index contributed by atoms with van der Waals surface area (Å²) in [5.41, 5.74) is 0.845. The van der Waals surface area contributed by atoms with Crippen molar-refractivity contribution in [3.63, 3.8) is 0 Å². The van der Waals surface area contributed by atoms with Crippen LogP contribution in [0.15, 0.2) is 24.3 Å². The van der Waals surface area contributed by atoms with Gasteiger partial charge in [-0.3, -0.25) is 0 Å². The van der Waals surface area contributed by atoms with Crippen molar-refractivity contribution in [3.8, 4) is 0 Å². The van der Waals surface area contributed by atoms with E-state index in [-0.39, 0.29) is 0 Å². The Kier molecular flexibility index (Phi) is 4.26. The van der Waals surface area contributed by atoms with Crippen LogP contribution in [-0.2, 0) is 5.11 Å². The Morgan fingerprint density at radius 3 is 2.46 bits per heavy atom. The zero-order chi connectivity index (χ0) is 9.68. The maximum atomic E-state index is 11.6. The molecule has 1 aromatic carbocycles. The van der Waals surface area contributed by atoms with Gasteiger partial charge in [0.2, 0.25) is 0 Å². The second-order valence-corrected chi connectivity index (χ2v) is 3.62. The molecule has 1 radical (unpaired) electrons. The van der Waals surface area contributed by atoms with E-state index in [0.717, 1.165) is 24.8 Å². The van der Waals surface area contributed by atoms with Gasteiger partial charge in [0.05, 0.1) is 0 Å². The topological polar surface area (TPSA) is 19.9 Å². The third-order valence-electron chi connectivity index (χ3n) is 2.06. The van der Waals surface area contributed by atoms with Crippen LogP contribution in [0.5, 0.6) is 0 Å². The Labute approximate surface area is 84.4 Å². The summed E-state index contributed by atoms with van der Waals surface area (Å²) in [7, 11) is 0. The van der Waals surface area contributed by atoms with E-state index in [1.54, 1.807) is 12.1 Å². The minimum absolute atomic E-state index is 0.586. The molecule has 0 fully saturated rings. The number of rotatable bonds is 4. The highest BCUT2D eigenvalue weighted by atomic mass is 35.5. The monoisotopic (exact) mass is 197 g/mol. The molecule has 71 valence electrons. The lowest BCUT2D eigenvalue weighted by Gasteiger charge is -2.07. The van der Waals surface area contributed by atoms with Gasteiger partial charge in [0.1, 0.15) is 6.10 Å². The van der Waals surface area contributed by atoms with E-state index in [4.69, 9.17) is 11.6 Å². The normalized spacial score (nSPS) is 12.8. The van der Waals surface area contributed by atoms with Crippen LogP contribution in [0.4, 0.5) is 0 Å². The molecule has 0 N–H and O–H groups in total. The van der Waals surface area contributed by atoms with Crippen LogP contribution in [0.25, 0.3) is 0 Å². The molecule has 2 heteroatoms. The van der Waals surface area contributed by atoms with Gasteiger partial charge in [-0.15, -0.1) is 0 Å². The molecule has 1 atom stereocenters. The van der Waals surface area contributed by atoms with E-state index in [0.29, 0.717) is 5.02 Å². The van der Waals surface area contributed by atoms with Crippen molar-refractivity contribution in [2.75, 3.05) is 0 Å². The number of hydrogen-bond acceptors (Lipinski definition) is 0. The van der Waals surface area contributed by atoms with Crippen LogP contribution in [0.1, 0.15) is 37.9 Å². The predicted octanol–water partition coefficient (Wildman–Crippen LogP) is 4.00. The summed E-state index contributed by atoms with van der Waals surface area (Å²) in [5, 5.41) is 12.2. The number of unbranched alkanes of at least 4 members (excludes halogenated alkanes) is 1. The lowest BCUT2D eigenvalue weighted by Crippen LogP contribution is -1.94. The van der Waals surface area contributed by atoms with Gasteiger partial charge >= 0.3 is 0 Å². The lowest BCUT2D eigenvalue weighted by atomic mass is 10.0. The molecular weight excluding hydrogens is 184 g/mol. The summed E-state index contributed by atoms with van der Waals surface area (Å²) >= 11 is 5.72. The van der Waals surface area contributed by atoms with Crippen LogP contribution in [0, 0.1) is 0 Å². The summed E-state index contributed by atoms with van der Waals surface area (Å²) < 4.78 is 0. The fourth-order valence-electron chi connectivity index (χ4n) is 1.23. The molecule has 13 heavy (non-hydrogen) atoms. The first-order chi connectivity index (χ1) is 6.24. The molecule has 1 nitrogen and oxygen atoms in total. The van der Waals surface area contributed by atoms with Gasteiger partial charge in [0.25, 0.3) is 0 Å². The molecule has 0 amide bonds. The van der Waals surface area contributed by atoms with Crippen molar-refractivity contribution < 1.29 is 5.11 Å². The van der Waals surface area contributed by atoms with E-state index in [9.17, 15) is 5.11 Å². The average Bonchev–Trinajstić information content (AvgIpc) is 2.15.